The molecule has 1 N–H and O–H groups in total. The number of carbonyl (C=O) groups excluding carboxylic acids is 2. The average molecular weight is 324 g/mol. The van der Waals surface area contributed by atoms with Gasteiger partial charge in [0, 0.05) is 23.9 Å². The number of nitrogens with zero attached hydrogens (tertiary/aromatic N) is 1. The van der Waals surface area contributed by atoms with Crippen molar-refractivity contribution in [1.82, 2.24) is 0 Å². The van der Waals surface area contributed by atoms with Crippen molar-refractivity contribution in [2.75, 3.05) is 16.8 Å². The number of likely N-dealkylation sites (N-methyl/N-ethyl adjacent to an activating group) is 1. The van der Waals surface area contributed by atoms with Gasteiger partial charge in [0.2, 0.25) is 0 Å². The zero-order valence-electron chi connectivity index (χ0n) is 14.0. The van der Waals surface area contributed by atoms with E-state index in [4.69, 9.17) is 4.74 Å². The molecule has 5 heteroatoms. The van der Waals surface area contributed by atoms with E-state index in [2.05, 4.69) is 5.32 Å². The number of rotatable bonds is 3. The van der Waals surface area contributed by atoms with Gasteiger partial charge in [0.05, 0.1) is 5.69 Å². The number of carbonyl (C=O) groups is 2. The lowest BCUT2D eigenvalue weighted by atomic mass is 10.1. The van der Waals surface area contributed by atoms with Gasteiger partial charge in [-0.25, -0.2) is 0 Å². The monoisotopic (exact) mass is 324 g/mol. The van der Waals surface area contributed by atoms with Crippen LogP contribution in [0.2, 0.25) is 0 Å². The quantitative estimate of drug-likeness (QED) is 0.941. The highest BCUT2D eigenvalue weighted by Gasteiger charge is 2.30. The van der Waals surface area contributed by atoms with Gasteiger partial charge in [0.15, 0.2) is 6.10 Å². The lowest BCUT2D eigenvalue weighted by Crippen LogP contribution is -2.44. The minimum absolute atomic E-state index is 0.0542. The fourth-order valence-corrected chi connectivity index (χ4v) is 2.72. The van der Waals surface area contributed by atoms with Crippen molar-refractivity contribution in [3.05, 3.63) is 53.6 Å². The van der Waals surface area contributed by atoms with Crippen molar-refractivity contribution in [3.63, 3.8) is 0 Å². The Balaban J connectivity index is 1.84. The van der Waals surface area contributed by atoms with E-state index in [1.54, 1.807) is 42.2 Å². The van der Waals surface area contributed by atoms with Crippen LogP contribution in [0.15, 0.2) is 42.5 Å². The van der Waals surface area contributed by atoms with Gasteiger partial charge >= 0.3 is 0 Å². The molecule has 1 atom stereocenters. The molecule has 0 aliphatic carbocycles. The predicted molar refractivity (Wildman–Crippen MR) is 93.7 cm³/mol. The van der Waals surface area contributed by atoms with E-state index in [9.17, 15) is 9.59 Å². The molecule has 1 aliphatic rings. The zero-order chi connectivity index (χ0) is 17.3. The molecule has 1 aliphatic heterocycles. The molecule has 2 amide bonds. The minimum atomic E-state index is -0.527. The Labute approximate surface area is 141 Å². The molecule has 0 saturated carbocycles. The van der Waals surface area contributed by atoms with E-state index in [-0.39, 0.29) is 11.8 Å². The number of anilines is 2. The number of hydrogen-bond donors (Lipinski definition) is 1. The normalized spacial score (nSPS) is 16.4. The van der Waals surface area contributed by atoms with E-state index in [1.165, 1.54) is 0 Å². The van der Waals surface area contributed by atoms with E-state index >= 15 is 0 Å². The van der Waals surface area contributed by atoms with Crippen LogP contribution in [0.1, 0.15) is 29.8 Å². The smallest absolute Gasteiger partial charge is 0.267 e. The molecular formula is C19H20N2O3. The second-order valence-corrected chi connectivity index (χ2v) is 5.85. The number of fused-ring (bicyclic) bond motifs is 1. The van der Waals surface area contributed by atoms with Gasteiger partial charge in [-0.1, -0.05) is 17.7 Å². The largest absolute Gasteiger partial charge is 0.479 e. The topological polar surface area (TPSA) is 58.6 Å². The lowest BCUT2D eigenvalue weighted by Gasteiger charge is -2.32. The van der Waals surface area contributed by atoms with Crippen LogP contribution in [-0.4, -0.2) is 24.5 Å². The van der Waals surface area contributed by atoms with Crippen LogP contribution < -0.4 is 15.0 Å². The molecule has 1 heterocycles. The standard InChI is InChI=1S/C19H20N2O3/c1-4-21-16-10-9-15(11-17(16)24-13(3)19(21)23)20-18(22)14-7-5-12(2)6-8-14/h5-11,13H,4H2,1-3H3,(H,20,22). The highest BCUT2D eigenvalue weighted by Crippen LogP contribution is 2.36. The van der Waals surface area contributed by atoms with Gasteiger partial charge < -0.3 is 15.0 Å². The first kappa shape index (κ1) is 16.1. The van der Waals surface area contributed by atoms with E-state index < -0.39 is 6.10 Å². The van der Waals surface area contributed by atoms with Crippen LogP contribution in [-0.2, 0) is 4.79 Å². The number of hydrogen-bond acceptors (Lipinski definition) is 3. The first-order valence-electron chi connectivity index (χ1n) is 7.99. The molecule has 0 fully saturated rings. The maximum absolute atomic E-state index is 12.3. The molecule has 5 nitrogen and oxygen atoms in total. The Morgan fingerprint density at radius 3 is 2.58 bits per heavy atom. The zero-order valence-corrected chi connectivity index (χ0v) is 14.0. The van der Waals surface area contributed by atoms with E-state index in [0.29, 0.717) is 23.5 Å². The Morgan fingerprint density at radius 2 is 1.92 bits per heavy atom. The summed E-state index contributed by atoms with van der Waals surface area (Å²) < 4.78 is 5.68. The molecule has 0 saturated heterocycles. The number of benzene rings is 2. The minimum Gasteiger partial charge on any atom is -0.479 e. The molecule has 0 aromatic heterocycles. The third kappa shape index (κ3) is 2.97. The highest BCUT2D eigenvalue weighted by molar-refractivity contribution is 6.05. The molecule has 0 bridgehead atoms. The molecule has 0 spiro atoms. The molecule has 124 valence electrons. The Morgan fingerprint density at radius 1 is 1.21 bits per heavy atom. The average Bonchev–Trinajstić information content (AvgIpc) is 2.57. The summed E-state index contributed by atoms with van der Waals surface area (Å²) >= 11 is 0. The first-order chi connectivity index (χ1) is 11.5. The first-order valence-corrected chi connectivity index (χ1v) is 7.99. The number of amides is 2. The van der Waals surface area contributed by atoms with Gasteiger partial charge in [-0.3, -0.25) is 9.59 Å². The van der Waals surface area contributed by atoms with E-state index in [1.807, 2.05) is 26.0 Å². The summed E-state index contributed by atoms with van der Waals surface area (Å²) in [4.78, 5) is 26.1. The third-order valence-corrected chi connectivity index (χ3v) is 4.06. The lowest BCUT2D eigenvalue weighted by molar-refractivity contribution is -0.125. The Hall–Kier alpha value is -2.82. The van der Waals surface area contributed by atoms with Gasteiger partial charge in [-0.05, 0) is 45.0 Å². The second-order valence-electron chi connectivity index (χ2n) is 5.85. The van der Waals surface area contributed by atoms with Crippen LogP contribution >= 0.6 is 0 Å². The Bertz CT molecular complexity index is 784. The maximum atomic E-state index is 12.3. The molecule has 2 aromatic rings. The summed E-state index contributed by atoms with van der Waals surface area (Å²) in [5.41, 5.74) is 3.07. The third-order valence-electron chi connectivity index (χ3n) is 4.06. The van der Waals surface area contributed by atoms with Crippen LogP contribution in [0.3, 0.4) is 0 Å². The molecule has 3 rings (SSSR count). The summed E-state index contributed by atoms with van der Waals surface area (Å²) in [6, 6.07) is 12.7. The SMILES string of the molecule is CCN1C(=O)C(C)Oc2cc(NC(=O)c3ccc(C)cc3)ccc21. The molecule has 24 heavy (non-hydrogen) atoms. The molecular weight excluding hydrogens is 304 g/mol. The molecule has 0 radical (unpaired) electrons. The van der Waals surface area contributed by atoms with Crippen molar-refractivity contribution < 1.29 is 14.3 Å². The summed E-state index contributed by atoms with van der Waals surface area (Å²) in [7, 11) is 0. The van der Waals surface area contributed by atoms with Gasteiger partial charge in [-0.15, -0.1) is 0 Å². The summed E-state index contributed by atoms with van der Waals surface area (Å²) in [6.07, 6.45) is -0.527. The molecule has 2 aromatic carbocycles. The van der Waals surface area contributed by atoms with Crippen molar-refractivity contribution in [2.45, 2.75) is 26.9 Å². The fourth-order valence-electron chi connectivity index (χ4n) is 2.72. The van der Waals surface area contributed by atoms with Crippen molar-refractivity contribution in [2.24, 2.45) is 0 Å². The van der Waals surface area contributed by atoms with Crippen molar-refractivity contribution in [1.29, 1.82) is 0 Å². The van der Waals surface area contributed by atoms with E-state index in [0.717, 1.165) is 11.3 Å². The summed E-state index contributed by atoms with van der Waals surface area (Å²) in [6.45, 7) is 6.21. The number of nitrogens with one attached hydrogen (secondary N) is 1. The van der Waals surface area contributed by atoms with Crippen LogP contribution in [0.4, 0.5) is 11.4 Å². The van der Waals surface area contributed by atoms with Crippen LogP contribution in [0.5, 0.6) is 5.75 Å². The predicted octanol–water partition coefficient (Wildman–Crippen LogP) is 3.38. The fraction of sp³-hybridized carbons (Fsp3) is 0.263. The van der Waals surface area contributed by atoms with Crippen LogP contribution in [0.25, 0.3) is 0 Å². The second kappa shape index (κ2) is 6.35. The summed E-state index contributed by atoms with van der Waals surface area (Å²) in [5, 5.41) is 2.86. The molecule has 1 unspecified atom stereocenters. The Kier molecular flexibility index (Phi) is 4.25. The number of aryl methyl sites for hydroxylation is 1. The van der Waals surface area contributed by atoms with Gasteiger partial charge in [-0.2, -0.15) is 0 Å². The van der Waals surface area contributed by atoms with Gasteiger partial charge in [0.25, 0.3) is 11.8 Å². The van der Waals surface area contributed by atoms with Crippen molar-refractivity contribution in [3.8, 4) is 5.75 Å². The van der Waals surface area contributed by atoms with Crippen LogP contribution in [0, 0.1) is 6.92 Å². The maximum Gasteiger partial charge on any atom is 0.267 e. The van der Waals surface area contributed by atoms with Crippen molar-refractivity contribution >= 4 is 23.2 Å². The number of ether oxygens (including phenoxy) is 1. The highest BCUT2D eigenvalue weighted by atomic mass is 16.5. The van der Waals surface area contributed by atoms with Gasteiger partial charge in [0.1, 0.15) is 5.75 Å². The summed E-state index contributed by atoms with van der Waals surface area (Å²) in [5.74, 6) is 0.370.